The van der Waals surface area contributed by atoms with Crippen LogP contribution in [0.15, 0.2) is 53.9 Å². The topological polar surface area (TPSA) is 99.7 Å². The molecular formula is C25H29N7O. The maximum absolute atomic E-state index is 12.9. The molecule has 3 heterocycles. The molecule has 1 aliphatic rings. The lowest BCUT2D eigenvalue weighted by atomic mass is 9.98. The fraction of sp³-hybridized carbons (Fsp3) is 0.280. The van der Waals surface area contributed by atoms with Crippen molar-refractivity contribution in [3.63, 3.8) is 0 Å². The molecule has 1 aromatic carbocycles. The Balaban J connectivity index is 1.57. The zero-order chi connectivity index (χ0) is 23.4. The Hall–Kier alpha value is -3.78. The van der Waals surface area contributed by atoms with Crippen molar-refractivity contribution in [1.82, 2.24) is 14.9 Å². The number of pyridine rings is 2. The van der Waals surface area contributed by atoms with E-state index >= 15 is 0 Å². The second-order valence-electron chi connectivity index (χ2n) is 8.24. The molecule has 0 spiro atoms. The number of likely N-dealkylation sites (N-methyl/N-ethyl adjacent to an activating group) is 1. The van der Waals surface area contributed by atoms with Gasteiger partial charge in [-0.05, 0) is 60.8 Å². The van der Waals surface area contributed by atoms with Crippen LogP contribution in [0.1, 0.15) is 21.5 Å². The molecule has 8 heteroatoms. The van der Waals surface area contributed by atoms with E-state index in [1.54, 1.807) is 37.9 Å². The van der Waals surface area contributed by atoms with E-state index in [0.717, 1.165) is 59.5 Å². The van der Waals surface area contributed by atoms with Gasteiger partial charge in [0.05, 0.1) is 0 Å². The molecule has 0 atom stereocenters. The Morgan fingerprint density at radius 3 is 2.64 bits per heavy atom. The average Bonchev–Trinajstić information content (AvgIpc) is 2.83. The molecule has 1 fully saturated rings. The highest BCUT2D eigenvalue weighted by Gasteiger charge is 2.17. The molecular weight excluding hydrogens is 414 g/mol. The Labute approximate surface area is 193 Å². The van der Waals surface area contributed by atoms with E-state index in [-0.39, 0.29) is 5.91 Å². The van der Waals surface area contributed by atoms with Crippen molar-refractivity contribution in [2.75, 3.05) is 50.5 Å². The van der Waals surface area contributed by atoms with Crippen LogP contribution >= 0.6 is 0 Å². The Morgan fingerprint density at radius 1 is 1.12 bits per heavy atom. The summed E-state index contributed by atoms with van der Waals surface area (Å²) >= 11 is 0. The number of rotatable bonds is 5. The number of aliphatic imine (C=N–C) groups is 1. The van der Waals surface area contributed by atoms with Crippen LogP contribution in [0, 0.1) is 6.92 Å². The van der Waals surface area contributed by atoms with Gasteiger partial charge in [-0.15, -0.1) is 0 Å². The molecule has 4 rings (SSSR count). The van der Waals surface area contributed by atoms with Gasteiger partial charge in [0.25, 0.3) is 5.91 Å². The van der Waals surface area contributed by atoms with Gasteiger partial charge in [-0.25, -0.2) is 9.97 Å². The molecule has 0 radical (unpaired) electrons. The predicted octanol–water partition coefficient (Wildman–Crippen LogP) is 2.94. The summed E-state index contributed by atoms with van der Waals surface area (Å²) < 4.78 is 0. The molecule has 1 saturated heterocycles. The fourth-order valence-electron chi connectivity index (χ4n) is 3.98. The monoisotopic (exact) mass is 443 g/mol. The highest BCUT2D eigenvalue weighted by molar-refractivity contribution is 6.11. The van der Waals surface area contributed by atoms with Gasteiger partial charge in [0.1, 0.15) is 11.6 Å². The maximum atomic E-state index is 12.9. The van der Waals surface area contributed by atoms with E-state index in [9.17, 15) is 4.79 Å². The number of aromatic nitrogens is 2. The maximum Gasteiger partial charge on any atom is 0.257 e. The lowest BCUT2D eigenvalue weighted by Crippen LogP contribution is -2.44. The normalized spacial score (nSPS) is 15.4. The van der Waals surface area contributed by atoms with Crippen LogP contribution in [0.3, 0.4) is 0 Å². The van der Waals surface area contributed by atoms with Crippen molar-refractivity contribution < 1.29 is 4.79 Å². The van der Waals surface area contributed by atoms with Crippen LogP contribution in [-0.2, 0) is 0 Å². The zero-order valence-corrected chi connectivity index (χ0v) is 19.2. The minimum atomic E-state index is -0.215. The summed E-state index contributed by atoms with van der Waals surface area (Å²) in [6, 6.07) is 9.53. The van der Waals surface area contributed by atoms with Crippen molar-refractivity contribution >= 4 is 40.1 Å². The number of carbonyl (C=O) groups is 1. The molecule has 1 amide bonds. The molecule has 170 valence electrons. The first kappa shape index (κ1) is 22.4. The van der Waals surface area contributed by atoms with Crippen LogP contribution in [0.2, 0.25) is 0 Å². The number of nitrogens with zero attached hydrogens (tertiary/aromatic N) is 5. The van der Waals surface area contributed by atoms with E-state index in [0.29, 0.717) is 11.4 Å². The smallest absolute Gasteiger partial charge is 0.257 e. The molecule has 3 N–H and O–H groups in total. The summed E-state index contributed by atoms with van der Waals surface area (Å²) in [4.78, 5) is 30.4. The first-order valence-electron chi connectivity index (χ1n) is 10.9. The average molecular weight is 444 g/mol. The molecule has 0 saturated carbocycles. The number of benzene rings is 1. The van der Waals surface area contributed by atoms with Crippen LogP contribution in [0.4, 0.5) is 11.6 Å². The number of hydrogen-bond acceptors (Lipinski definition) is 7. The highest BCUT2D eigenvalue weighted by atomic mass is 16.1. The van der Waals surface area contributed by atoms with E-state index in [2.05, 4.69) is 43.2 Å². The van der Waals surface area contributed by atoms with E-state index in [1.807, 2.05) is 25.1 Å². The summed E-state index contributed by atoms with van der Waals surface area (Å²) in [5, 5.41) is 4.86. The summed E-state index contributed by atoms with van der Waals surface area (Å²) in [6.07, 6.45) is 6.73. The number of nitrogens with two attached hydrogens (primary N) is 1. The van der Waals surface area contributed by atoms with Crippen molar-refractivity contribution in [2.24, 2.45) is 10.7 Å². The van der Waals surface area contributed by atoms with E-state index in [1.165, 1.54) is 0 Å². The van der Waals surface area contributed by atoms with Gasteiger partial charge in [-0.2, -0.15) is 0 Å². The number of piperazine rings is 1. The lowest BCUT2D eigenvalue weighted by Gasteiger charge is -2.33. The second kappa shape index (κ2) is 9.79. The Kier molecular flexibility index (Phi) is 6.65. The third-order valence-corrected chi connectivity index (χ3v) is 5.90. The zero-order valence-electron chi connectivity index (χ0n) is 19.2. The number of aryl methyl sites for hydroxylation is 1. The van der Waals surface area contributed by atoms with Crippen molar-refractivity contribution in [3.05, 3.63) is 65.6 Å². The van der Waals surface area contributed by atoms with Gasteiger partial charge < -0.3 is 20.9 Å². The van der Waals surface area contributed by atoms with Crippen LogP contribution < -0.4 is 16.0 Å². The standard InChI is InChI=1S/C25H29N7O/c1-17-10-20-16-29-23(12-19(20)11-22(17)21(14-26)15-27-2)30-25(33)18-4-5-28-24(13-18)32-8-6-31(3)7-9-32/h4-5,10-16H,6-9,26H2,1-3H3,(H,29,30,33). The minimum absolute atomic E-state index is 0.215. The van der Waals surface area contributed by atoms with Gasteiger partial charge in [0, 0.05) is 74.6 Å². The largest absolute Gasteiger partial charge is 0.404 e. The molecule has 0 unspecified atom stereocenters. The number of fused-ring (bicyclic) bond motifs is 1. The molecule has 33 heavy (non-hydrogen) atoms. The van der Waals surface area contributed by atoms with Gasteiger partial charge >= 0.3 is 0 Å². The summed E-state index contributed by atoms with van der Waals surface area (Å²) in [6.45, 7) is 5.77. The number of allylic oxidation sites excluding steroid dienone is 1. The van der Waals surface area contributed by atoms with Crippen molar-refractivity contribution in [3.8, 4) is 0 Å². The SMILES string of the molecule is CN=CC(=CN)c1cc2cc(NC(=O)c3ccnc(N4CCN(C)CC4)c3)ncc2cc1C. The third kappa shape index (κ3) is 5.01. The second-order valence-corrected chi connectivity index (χ2v) is 8.24. The highest BCUT2D eigenvalue weighted by Crippen LogP contribution is 2.26. The quantitative estimate of drug-likeness (QED) is 0.588. The van der Waals surface area contributed by atoms with Crippen molar-refractivity contribution in [2.45, 2.75) is 6.92 Å². The summed E-state index contributed by atoms with van der Waals surface area (Å²) in [5.41, 5.74) is 9.26. The number of anilines is 2. The van der Waals surface area contributed by atoms with E-state index < -0.39 is 0 Å². The lowest BCUT2D eigenvalue weighted by molar-refractivity contribution is 0.102. The number of nitrogens with one attached hydrogen (secondary N) is 1. The van der Waals surface area contributed by atoms with Crippen LogP contribution in [-0.4, -0.2) is 67.3 Å². The van der Waals surface area contributed by atoms with Crippen LogP contribution in [0.25, 0.3) is 16.3 Å². The molecule has 2 aromatic heterocycles. The minimum Gasteiger partial charge on any atom is -0.404 e. The van der Waals surface area contributed by atoms with Gasteiger partial charge in [0.2, 0.25) is 0 Å². The molecule has 0 bridgehead atoms. The van der Waals surface area contributed by atoms with Gasteiger partial charge in [-0.3, -0.25) is 9.79 Å². The van der Waals surface area contributed by atoms with E-state index in [4.69, 9.17) is 5.73 Å². The molecule has 3 aromatic rings. The number of carbonyl (C=O) groups excluding carboxylic acids is 1. The summed E-state index contributed by atoms with van der Waals surface area (Å²) in [5.74, 6) is 1.09. The predicted molar refractivity (Wildman–Crippen MR) is 135 cm³/mol. The Bertz CT molecular complexity index is 1230. The fourth-order valence-corrected chi connectivity index (χ4v) is 3.98. The molecule has 8 nitrogen and oxygen atoms in total. The first-order valence-corrected chi connectivity index (χ1v) is 10.9. The van der Waals surface area contributed by atoms with Crippen LogP contribution in [0.5, 0.6) is 0 Å². The molecule has 0 aliphatic carbocycles. The summed E-state index contributed by atoms with van der Waals surface area (Å²) in [7, 11) is 3.83. The number of hydrogen-bond donors (Lipinski definition) is 2. The Morgan fingerprint density at radius 2 is 1.91 bits per heavy atom. The van der Waals surface area contributed by atoms with Gasteiger partial charge in [0.15, 0.2) is 0 Å². The third-order valence-electron chi connectivity index (χ3n) is 5.90. The van der Waals surface area contributed by atoms with Crippen molar-refractivity contribution in [1.29, 1.82) is 0 Å². The first-order chi connectivity index (χ1) is 16.0. The molecule has 1 aliphatic heterocycles. The number of amides is 1. The van der Waals surface area contributed by atoms with Gasteiger partial charge in [-0.1, -0.05) is 0 Å².